The minimum Gasteiger partial charge on any atom is -0.266 e. The van der Waals surface area contributed by atoms with E-state index in [1.165, 1.54) is 17.2 Å². The third kappa shape index (κ3) is 1.44. The second-order valence-electron chi connectivity index (χ2n) is 2.39. The van der Waals surface area contributed by atoms with Gasteiger partial charge in [-0.15, -0.1) is 10.2 Å². The van der Waals surface area contributed by atoms with Crippen LogP contribution in [0, 0.1) is 0 Å². The lowest BCUT2D eigenvalue weighted by atomic mass is 10.3. The summed E-state index contributed by atoms with van der Waals surface area (Å²) in [4.78, 5) is 15.4. The van der Waals surface area contributed by atoms with E-state index in [2.05, 4.69) is 15.2 Å². The zero-order valence-electron chi connectivity index (χ0n) is 6.66. The Balaban J connectivity index is 2.34. The van der Waals surface area contributed by atoms with E-state index in [1.807, 2.05) is 0 Å². The highest BCUT2D eigenvalue weighted by molar-refractivity contribution is 5.93. The predicted octanol–water partition coefficient (Wildman–Crippen LogP) is 0.362. The van der Waals surface area contributed by atoms with Gasteiger partial charge in [0.1, 0.15) is 18.3 Å². The molecule has 0 unspecified atom stereocenters. The zero-order valence-corrected chi connectivity index (χ0v) is 6.66. The molecule has 2 aromatic heterocycles. The highest BCUT2D eigenvalue weighted by Crippen LogP contribution is 1.96. The summed E-state index contributed by atoms with van der Waals surface area (Å²) in [5.41, 5.74) is 0.377. The molecule has 64 valence electrons. The fourth-order valence-electron chi connectivity index (χ4n) is 0.927. The molecule has 0 N–H and O–H groups in total. The van der Waals surface area contributed by atoms with Gasteiger partial charge in [0.2, 0.25) is 0 Å². The summed E-state index contributed by atoms with van der Waals surface area (Å²) < 4.78 is 1.28. The normalized spacial score (nSPS) is 9.85. The molecule has 0 fully saturated rings. The maximum atomic E-state index is 11.5. The average Bonchev–Trinajstić information content (AvgIpc) is 2.71. The number of carbonyl (C=O) groups is 1. The Morgan fingerprint density at radius 2 is 2.00 bits per heavy atom. The molecule has 13 heavy (non-hydrogen) atoms. The monoisotopic (exact) mass is 174 g/mol. The summed E-state index contributed by atoms with van der Waals surface area (Å²) >= 11 is 0. The molecule has 5 nitrogen and oxygen atoms in total. The molecule has 0 saturated heterocycles. The Hall–Kier alpha value is -2.04. The van der Waals surface area contributed by atoms with Crippen LogP contribution >= 0.6 is 0 Å². The lowest BCUT2D eigenvalue weighted by Crippen LogP contribution is -2.11. The van der Waals surface area contributed by atoms with Crippen LogP contribution in [0.1, 0.15) is 10.5 Å². The Kier molecular flexibility index (Phi) is 1.84. The van der Waals surface area contributed by atoms with Gasteiger partial charge < -0.3 is 0 Å². The number of rotatable bonds is 1. The molecule has 0 bridgehead atoms. The van der Waals surface area contributed by atoms with Crippen molar-refractivity contribution in [2.24, 2.45) is 0 Å². The topological polar surface area (TPSA) is 60.7 Å². The maximum Gasteiger partial charge on any atom is 0.282 e. The average molecular weight is 174 g/mol. The van der Waals surface area contributed by atoms with Crippen molar-refractivity contribution in [1.29, 1.82) is 0 Å². The van der Waals surface area contributed by atoms with Crippen LogP contribution in [0.4, 0.5) is 0 Å². The first kappa shape index (κ1) is 7.60. The third-order valence-corrected chi connectivity index (χ3v) is 1.54. The molecular weight excluding hydrogens is 168 g/mol. The predicted molar refractivity (Wildman–Crippen MR) is 44.0 cm³/mol. The SMILES string of the molecule is O=C(c1ccccn1)n1cnnc1. The molecule has 0 spiro atoms. The second kappa shape index (κ2) is 3.14. The van der Waals surface area contributed by atoms with Crippen molar-refractivity contribution in [1.82, 2.24) is 19.7 Å². The van der Waals surface area contributed by atoms with Crippen LogP contribution in [0.25, 0.3) is 0 Å². The van der Waals surface area contributed by atoms with Gasteiger partial charge in [0.15, 0.2) is 0 Å². The van der Waals surface area contributed by atoms with Crippen LogP contribution in [0.15, 0.2) is 37.1 Å². The van der Waals surface area contributed by atoms with Crippen molar-refractivity contribution in [2.75, 3.05) is 0 Å². The molecule has 0 aliphatic rings. The van der Waals surface area contributed by atoms with Crippen LogP contribution < -0.4 is 0 Å². The first-order valence-corrected chi connectivity index (χ1v) is 3.68. The summed E-state index contributed by atoms with van der Waals surface area (Å²) in [5, 5.41) is 7.07. The van der Waals surface area contributed by atoms with Gasteiger partial charge in [-0.3, -0.25) is 14.3 Å². The van der Waals surface area contributed by atoms with E-state index in [0.29, 0.717) is 5.69 Å². The van der Waals surface area contributed by atoms with Crippen LogP contribution in [0.5, 0.6) is 0 Å². The Labute approximate surface area is 74.1 Å². The van der Waals surface area contributed by atoms with E-state index in [-0.39, 0.29) is 5.91 Å². The van der Waals surface area contributed by atoms with Gasteiger partial charge in [0.05, 0.1) is 0 Å². The van der Waals surface area contributed by atoms with Crippen LogP contribution in [0.2, 0.25) is 0 Å². The fourth-order valence-corrected chi connectivity index (χ4v) is 0.927. The summed E-state index contributed by atoms with van der Waals surface area (Å²) in [5.74, 6) is -0.231. The maximum absolute atomic E-state index is 11.5. The van der Waals surface area contributed by atoms with Gasteiger partial charge in [-0.2, -0.15) is 0 Å². The molecule has 0 amide bonds. The van der Waals surface area contributed by atoms with Crippen molar-refractivity contribution in [3.63, 3.8) is 0 Å². The van der Waals surface area contributed by atoms with E-state index < -0.39 is 0 Å². The molecule has 2 heterocycles. The second-order valence-corrected chi connectivity index (χ2v) is 2.39. The molecule has 2 rings (SSSR count). The van der Waals surface area contributed by atoms with E-state index in [0.717, 1.165) is 0 Å². The highest BCUT2D eigenvalue weighted by Gasteiger charge is 2.07. The van der Waals surface area contributed by atoms with Crippen molar-refractivity contribution in [3.05, 3.63) is 42.7 Å². The Morgan fingerprint density at radius 1 is 1.23 bits per heavy atom. The van der Waals surface area contributed by atoms with Gasteiger partial charge in [-0.25, -0.2) is 0 Å². The number of hydrogen-bond acceptors (Lipinski definition) is 4. The van der Waals surface area contributed by atoms with E-state index in [1.54, 1.807) is 24.4 Å². The minimum atomic E-state index is -0.231. The van der Waals surface area contributed by atoms with E-state index in [9.17, 15) is 4.79 Å². The lowest BCUT2D eigenvalue weighted by molar-refractivity contribution is 0.0954. The lowest BCUT2D eigenvalue weighted by Gasteiger charge is -1.96. The number of pyridine rings is 1. The van der Waals surface area contributed by atoms with Gasteiger partial charge >= 0.3 is 0 Å². The molecule has 0 saturated carbocycles. The van der Waals surface area contributed by atoms with Crippen molar-refractivity contribution < 1.29 is 4.79 Å². The number of nitrogens with zero attached hydrogens (tertiary/aromatic N) is 4. The summed E-state index contributed by atoms with van der Waals surface area (Å²) in [6.45, 7) is 0. The van der Waals surface area contributed by atoms with Gasteiger partial charge in [-0.1, -0.05) is 6.07 Å². The molecule has 5 heteroatoms. The fraction of sp³-hybridized carbons (Fsp3) is 0. The summed E-state index contributed by atoms with van der Waals surface area (Å²) in [6, 6.07) is 5.15. The molecule has 0 aliphatic carbocycles. The smallest absolute Gasteiger partial charge is 0.266 e. The van der Waals surface area contributed by atoms with Crippen molar-refractivity contribution >= 4 is 5.91 Å². The van der Waals surface area contributed by atoms with Gasteiger partial charge in [-0.05, 0) is 12.1 Å². The number of aromatic nitrogens is 4. The largest absolute Gasteiger partial charge is 0.282 e. The molecule has 0 aliphatic heterocycles. The minimum absolute atomic E-state index is 0.231. The standard InChI is InChI=1S/C8H6N4O/c13-8(12-5-10-11-6-12)7-3-1-2-4-9-7/h1-6H. The van der Waals surface area contributed by atoms with Crippen molar-refractivity contribution in [3.8, 4) is 0 Å². The van der Waals surface area contributed by atoms with Gasteiger partial charge in [0.25, 0.3) is 5.91 Å². The van der Waals surface area contributed by atoms with Crippen LogP contribution in [-0.2, 0) is 0 Å². The quantitative estimate of drug-likeness (QED) is 0.626. The van der Waals surface area contributed by atoms with Crippen LogP contribution in [-0.4, -0.2) is 25.7 Å². The Bertz CT molecular complexity index is 395. The van der Waals surface area contributed by atoms with Gasteiger partial charge in [0, 0.05) is 6.20 Å². The van der Waals surface area contributed by atoms with Crippen LogP contribution in [0.3, 0.4) is 0 Å². The van der Waals surface area contributed by atoms with E-state index >= 15 is 0 Å². The zero-order chi connectivity index (χ0) is 9.10. The van der Waals surface area contributed by atoms with E-state index in [4.69, 9.17) is 0 Å². The van der Waals surface area contributed by atoms with Crippen molar-refractivity contribution in [2.45, 2.75) is 0 Å². The first-order chi connectivity index (χ1) is 6.38. The molecular formula is C8H6N4O. The molecule has 0 aromatic carbocycles. The third-order valence-electron chi connectivity index (χ3n) is 1.54. The number of carbonyl (C=O) groups excluding carboxylic acids is 1. The molecule has 0 atom stereocenters. The molecule has 0 radical (unpaired) electrons. The number of hydrogen-bond donors (Lipinski definition) is 0. The first-order valence-electron chi connectivity index (χ1n) is 3.68. The summed E-state index contributed by atoms with van der Waals surface area (Å²) in [6.07, 6.45) is 4.26. The molecule has 2 aromatic rings. The Morgan fingerprint density at radius 3 is 2.62 bits per heavy atom. The summed E-state index contributed by atoms with van der Waals surface area (Å²) in [7, 11) is 0. The highest BCUT2D eigenvalue weighted by atomic mass is 16.2.